The third-order valence-electron chi connectivity index (χ3n) is 3.04. The molecule has 0 nitrogen and oxygen atoms in total. The fraction of sp³-hybridized carbons (Fsp3) is 0.438. The van der Waals surface area contributed by atoms with E-state index in [9.17, 15) is 0 Å². The largest absolute Gasteiger partial charge is 0.102 e. The number of allylic oxidation sites excluding steroid dienone is 1. The first kappa shape index (κ1) is 13.0. The molecule has 0 heterocycles. The summed E-state index contributed by atoms with van der Waals surface area (Å²) in [6.07, 6.45) is 6.78. The molecule has 1 radical (unpaired) electrons. The lowest BCUT2D eigenvalue weighted by molar-refractivity contribution is 0.793. The van der Waals surface area contributed by atoms with Gasteiger partial charge in [-0.05, 0) is 36.0 Å². The number of aryl methyl sites for hydroxylation is 2. The van der Waals surface area contributed by atoms with Gasteiger partial charge < -0.3 is 0 Å². The molecule has 16 heavy (non-hydrogen) atoms. The zero-order chi connectivity index (χ0) is 12.0. The minimum Gasteiger partial charge on any atom is -0.102 e. The molecule has 0 spiro atoms. The van der Waals surface area contributed by atoms with E-state index in [2.05, 4.69) is 45.5 Å². The highest BCUT2D eigenvalue weighted by atomic mass is 14.1. The van der Waals surface area contributed by atoms with Crippen LogP contribution in [0.5, 0.6) is 0 Å². The molecule has 0 aromatic heterocycles. The first-order valence-corrected chi connectivity index (χ1v) is 6.30. The molecule has 0 fully saturated rings. The van der Waals surface area contributed by atoms with Gasteiger partial charge in [-0.3, -0.25) is 0 Å². The van der Waals surface area contributed by atoms with Crippen LogP contribution < -0.4 is 0 Å². The van der Waals surface area contributed by atoms with E-state index in [1.165, 1.54) is 41.9 Å². The molecule has 0 saturated carbocycles. The summed E-state index contributed by atoms with van der Waals surface area (Å²) in [4.78, 5) is 0. The summed E-state index contributed by atoms with van der Waals surface area (Å²) in [7, 11) is 0. The lowest BCUT2D eigenvalue weighted by Crippen LogP contribution is -1.96. The predicted octanol–water partition coefficient (Wildman–Crippen LogP) is 4.72. The summed E-state index contributed by atoms with van der Waals surface area (Å²) in [6.45, 7) is 10.4. The second kappa shape index (κ2) is 6.52. The van der Waals surface area contributed by atoms with E-state index in [0.717, 1.165) is 6.42 Å². The first-order chi connectivity index (χ1) is 7.71. The van der Waals surface area contributed by atoms with Crippen molar-refractivity contribution >= 4 is 0 Å². The third kappa shape index (κ3) is 3.52. The summed E-state index contributed by atoms with van der Waals surface area (Å²) in [5.74, 6) is 1.27. The molecule has 0 aliphatic carbocycles. The SMILES string of the molecule is C=C[C](C)c1cc(CC)cc(CCCC)c1. The standard InChI is InChI=1S/C16H23/c1-5-8-9-15-10-14(7-3)11-16(12-15)13(4)6-2/h6,10-12H,2,5,7-9H2,1,3-4H3. The molecule has 0 amide bonds. The van der Waals surface area contributed by atoms with Crippen molar-refractivity contribution < 1.29 is 0 Å². The second-order valence-corrected chi connectivity index (χ2v) is 4.38. The Morgan fingerprint density at radius 1 is 1.19 bits per heavy atom. The van der Waals surface area contributed by atoms with Gasteiger partial charge in [0.25, 0.3) is 0 Å². The van der Waals surface area contributed by atoms with Crippen molar-refractivity contribution in [3.63, 3.8) is 0 Å². The van der Waals surface area contributed by atoms with Crippen LogP contribution in [0.2, 0.25) is 0 Å². The van der Waals surface area contributed by atoms with Crippen LogP contribution in [-0.2, 0) is 12.8 Å². The third-order valence-corrected chi connectivity index (χ3v) is 3.04. The van der Waals surface area contributed by atoms with Gasteiger partial charge >= 0.3 is 0 Å². The Hall–Kier alpha value is -1.04. The summed E-state index contributed by atoms with van der Waals surface area (Å²) >= 11 is 0. The van der Waals surface area contributed by atoms with Gasteiger partial charge in [-0.25, -0.2) is 0 Å². The molecule has 0 heteroatoms. The van der Waals surface area contributed by atoms with E-state index < -0.39 is 0 Å². The van der Waals surface area contributed by atoms with Gasteiger partial charge in [-0.2, -0.15) is 0 Å². The van der Waals surface area contributed by atoms with Gasteiger partial charge in [0.15, 0.2) is 0 Å². The van der Waals surface area contributed by atoms with Crippen LogP contribution in [0.3, 0.4) is 0 Å². The van der Waals surface area contributed by atoms with Crippen molar-refractivity contribution in [2.24, 2.45) is 0 Å². The summed E-state index contributed by atoms with van der Waals surface area (Å²) in [6, 6.07) is 6.94. The molecular weight excluding hydrogens is 192 g/mol. The van der Waals surface area contributed by atoms with Crippen LogP contribution in [-0.4, -0.2) is 0 Å². The molecule has 0 atom stereocenters. The summed E-state index contributed by atoms with van der Waals surface area (Å²) in [5.41, 5.74) is 4.24. The quantitative estimate of drug-likeness (QED) is 0.644. The first-order valence-electron chi connectivity index (χ1n) is 6.30. The minimum atomic E-state index is 1.11. The monoisotopic (exact) mass is 215 g/mol. The van der Waals surface area contributed by atoms with E-state index in [1.54, 1.807) is 0 Å². The van der Waals surface area contributed by atoms with Crippen molar-refractivity contribution in [2.75, 3.05) is 0 Å². The molecule has 0 aliphatic rings. The Morgan fingerprint density at radius 3 is 2.44 bits per heavy atom. The maximum absolute atomic E-state index is 3.85. The Balaban J connectivity index is 2.95. The average Bonchev–Trinajstić information content (AvgIpc) is 2.34. The van der Waals surface area contributed by atoms with Gasteiger partial charge in [-0.1, -0.05) is 51.5 Å². The normalized spacial score (nSPS) is 10.8. The molecule has 1 aromatic rings. The van der Waals surface area contributed by atoms with Gasteiger partial charge in [-0.15, -0.1) is 6.58 Å². The number of hydrogen-bond donors (Lipinski definition) is 0. The maximum atomic E-state index is 3.85. The van der Waals surface area contributed by atoms with E-state index in [4.69, 9.17) is 0 Å². The minimum absolute atomic E-state index is 1.11. The Bertz CT molecular complexity index is 336. The van der Waals surface area contributed by atoms with Gasteiger partial charge in [0.05, 0.1) is 0 Å². The van der Waals surface area contributed by atoms with Crippen LogP contribution >= 0.6 is 0 Å². The van der Waals surface area contributed by atoms with E-state index in [0.29, 0.717) is 0 Å². The molecular formula is C16H23. The number of benzene rings is 1. The van der Waals surface area contributed by atoms with E-state index in [-0.39, 0.29) is 0 Å². The van der Waals surface area contributed by atoms with E-state index in [1.807, 2.05) is 6.08 Å². The van der Waals surface area contributed by atoms with Crippen LogP contribution in [0.25, 0.3) is 0 Å². The molecule has 0 aliphatic heterocycles. The molecule has 1 rings (SSSR count). The van der Waals surface area contributed by atoms with Crippen molar-refractivity contribution in [3.05, 3.63) is 53.5 Å². The van der Waals surface area contributed by atoms with Crippen LogP contribution in [0.4, 0.5) is 0 Å². The summed E-state index contributed by atoms with van der Waals surface area (Å²) in [5, 5.41) is 0. The zero-order valence-corrected chi connectivity index (χ0v) is 10.8. The van der Waals surface area contributed by atoms with Crippen molar-refractivity contribution in [1.29, 1.82) is 0 Å². The summed E-state index contributed by atoms with van der Waals surface area (Å²) < 4.78 is 0. The highest BCUT2D eigenvalue weighted by Gasteiger charge is 2.05. The highest BCUT2D eigenvalue weighted by Crippen LogP contribution is 2.20. The van der Waals surface area contributed by atoms with Crippen molar-refractivity contribution in [3.8, 4) is 0 Å². The molecule has 0 saturated heterocycles. The topological polar surface area (TPSA) is 0 Å². The fourth-order valence-electron chi connectivity index (χ4n) is 1.84. The second-order valence-electron chi connectivity index (χ2n) is 4.38. The lowest BCUT2D eigenvalue weighted by atomic mass is 9.94. The number of rotatable bonds is 6. The predicted molar refractivity (Wildman–Crippen MR) is 72.6 cm³/mol. The Kier molecular flexibility index (Phi) is 5.31. The molecule has 87 valence electrons. The van der Waals surface area contributed by atoms with Crippen molar-refractivity contribution in [2.45, 2.75) is 46.5 Å². The van der Waals surface area contributed by atoms with Crippen molar-refractivity contribution in [1.82, 2.24) is 0 Å². The maximum Gasteiger partial charge on any atom is 0.0230 e. The van der Waals surface area contributed by atoms with Gasteiger partial charge in [0.1, 0.15) is 0 Å². The molecule has 0 bridgehead atoms. The van der Waals surface area contributed by atoms with Crippen LogP contribution in [0.1, 0.15) is 50.3 Å². The molecule has 0 unspecified atom stereocenters. The van der Waals surface area contributed by atoms with Crippen LogP contribution in [0.15, 0.2) is 30.9 Å². The number of unbranched alkanes of at least 4 members (excludes halogenated alkanes) is 1. The van der Waals surface area contributed by atoms with Gasteiger partial charge in [0.2, 0.25) is 0 Å². The fourth-order valence-corrected chi connectivity index (χ4v) is 1.84. The Labute approximate surface area is 100 Å². The lowest BCUT2D eigenvalue weighted by Gasteiger charge is -2.11. The van der Waals surface area contributed by atoms with E-state index >= 15 is 0 Å². The zero-order valence-electron chi connectivity index (χ0n) is 10.8. The average molecular weight is 215 g/mol. The Morgan fingerprint density at radius 2 is 1.88 bits per heavy atom. The molecule has 0 N–H and O–H groups in total. The smallest absolute Gasteiger partial charge is 0.0230 e. The molecule has 1 aromatic carbocycles. The highest BCUT2D eigenvalue weighted by molar-refractivity contribution is 5.41. The number of hydrogen-bond acceptors (Lipinski definition) is 0. The van der Waals surface area contributed by atoms with Crippen LogP contribution in [0, 0.1) is 5.92 Å². The van der Waals surface area contributed by atoms with Gasteiger partial charge in [0, 0.05) is 5.92 Å².